The largest absolute Gasteiger partial charge is 0.395 e. The molecule has 14 heavy (non-hydrogen) atoms. The van der Waals surface area contributed by atoms with Crippen LogP contribution in [0.2, 0.25) is 0 Å². The molecule has 0 aromatic rings. The maximum atomic E-state index is 9.39. The number of hydrogen-bond donors (Lipinski definition) is 1. The number of aliphatic hydroxyl groups excluding tert-OH is 1. The minimum atomic E-state index is 0.161. The molecule has 1 aliphatic heterocycles. The van der Waals surface area contributed by atoms with Crippen molar-refractivity contribution in [1.82, 2.24) is 9.80 Å². The predicted molar refractivity (Wildman–Crippen MR) is 59.4 cm³/mol. The molecule has 0 amide bonds. The van der Waals surface area contributed by atoms with Crippen LogP contribution < -0.4 is 0 Å². The van der Waals surface area contributed by atoms with Crippen LogP contribution in [-0.4, -0.2) is 59.3 Å². The second kappa shape index (κ2) is 4.17. The standard InChI is InChI=1S/C11H24N2O/c1-9(2)13-10(7-14)6-12(5)8-11(13,3)4/h9-10,14H,6-8H2,1-5H3. The number of aliphatic hydroxyl groups is 1. The first kappa shape index (κ1) is 12.0. The monoisotopic (exact) mass is 200 g/mol. The highest BCUT2D eigenvalue weighted by Crippen LogP contribution is 2.26. The van der Waals surface area contributed by atoms with Gasteiger partial charge >= 0.3 is 0 Å². The Hall–Kier alpha value is -0.120. The molecule has 0 aromatic carbocycles. The molecule has 0 radical (unpaired) electrons. The zero-order chi connectivity index (χ0) is 10.9. The van der Waals surface area contributed by atoms with E-state index in [1.807, 2.05) is 0 Å². The van der Waals surface area contributed by atoms with Crippen LogP contribution in [0.25, 0.3) is 0 Å². The maximum Gasteiger partial charge on any atom is 0.0599 e. The Bertz CT molecular complexity index is 192. The molecule has 1 saturated heterocycles. The fourth-order valence-electron chi connectivity index (χ4n) is 3.02. The highest BCUT2D eigenvalue weighted by Gasteiger charge is 2.39. The minimum Gasteiger partial charge on any atom is -0.395 e. The van der Waals surface area contributed by atoms with Crippen molar-refractivity contribution in [2.75, 3.05) is 26.7 Å². The molecule has 1 aliphatic rings. The summed E-state index contributed by atoms with van der Waals surface area (Å²) in [4.78, 5) is 4.74. The van der Waals surface area contributed by atoms with Gasteiger partial charge in [-0.1, -0.05) is 0 Å². The third kappa shape index (κ3) is 2.27. The average molecular weight is 200 g/mol. The van der Waals surface area contributed by atoms with E-state index in [9.17, 15) is 5.11 Å². The van der Waals surface area contributed by atoms with Crippen LogP contribution in [0.1, 0.15) is 27.7 Å². The molecule has 3 heteroatoms. The van der Waals surface area contributed by atoms with E-state index in [-0.39, 0.29) is 18.2 Å². The molecule has 0 aromatic heterocycles. The smallest absolute Gasteiger partial charge is 0.0599 e. The van der Waals surface area contributed by atoms with Gasteiger partial charge in [0.15, 0.2) is 0 Å². The van der Waals surface area contributed by atoms with Crippen molar-refractivity contribution in [3.8, 4) is 0 Å². The van der Waals surface area contributed by atoms with Crippen LogP contribution in [0.15, 0.2) is 0 Å². The third-order valence-corrected chi connectivity index (χ3v) is 3.04. The molecule has 84 valence electrons. The first-order chi connectivity index (χ1) is 6.38. The average Bonchev–Trinajstić information content (AvgIpc) is 1.99. The number of rotatable bonds is 2. The van der Waals surface area contributed by atoms with Crippen LogP contribution >= 0.6 is 0 Å². The van der Waals surface area contributed by atoms with Crippen LogP contribution in [0.5, 0.6) is 0 Å². The topological polar surface area (TPSA) is 26.7 Å². The molecule has 1 N–H and O–H groups in total. The van der Waals surface area contributed by atoms with Gasteiger partial charge in [-0.3, -0.25) is 4.90 Å². The van der Waals surface area contributed by atoms with Crippen LogP contribution in [0.3, 0.4) is 0 Å². The van der Waals surface area contributed by atoms with E-state index in [0.717, 1.165) is 13.1 Å². The normalized spacial score (nSPS) is 29.8. The van der Waals surface area contributed by atoms with Crippen molar-refractivity contribution in [1.29, 1.82) is 0 Å². The molecule has 1 heterocycles. The molecule has 3 nitrogen and oxygen atoms in total. The van der Waals surface area contributed by atoms with E-state index >= 15 is 0 Å². The summed E-state index contributed by atoms with van der Waals surface area (Å²) in [5.74, 6) is 0. The molecule has 0 spiro atoms. The van der Waals surface area contributed by atoms with Gasteiger partial charge in [0, 0.05) is 30.7 Å². The Morgan fingerprint density at radius 3 is 2.43 bits per heavy atom. The maximum absolute atomic E-state index is 9.39. The lowest BCUT2D eigenvalue weighted by Gasteiger charge is -2.52. The van der Waals surface area contributed by atoms with Crippen LogP contribution in [-0.2, 0) is 0 Å². The van der Waals surface area contributed by atoms with Gasteiger partial charge in [0.05, 0.1) is 6.61 Å². The Morgan fingerprint density at radius 1 is 1.43 bits per heavy atom. The van der Waals surface area contributed by atoms with Crippen molar-refractivity contribution < 1.29 is 5.11 Å². The first-order valence-corrected chi connectivity index (χ1v) is 5.46. The molecule has 1 rings (SSSR count). The lowest BCUT2D eigenvalue weighted by molar-refractivity contribution is -0.0552. The summed E-state index contributed by atoms with van der Waals surface area (Å²) in [5.41, 5.74) is 0.161. The van der Waals surface area contributed by atoms with E-state index in [1.165, 1.54) is 0 Å². The third-order valence-electron chi connectivity index (χ3n) is 3.04. The van der Waals surface area contributed by atoms with E-state index in [2.05, 4.69) is 44.5 Å². The molecular weight excluding hydrogens is 176 g/mol. The second-order valence-electron chi connectivity index (χ2n) is 5.35. The Labute approximate surface area is 87.7 Å². The second-order valence-corrected chi connectivity index (χ2v) is 5.35. The summed E-state index contributed by atoms with van der Waals surface area (Å²) in [5, 5.41) is 9.39. The summed E-state index contributed by atoms with van der Waals surface area (Å²) in [6.07, 6.45) is 0. The Balaban J connectivity index is 2.84. The zero-order valence-corrected chi connectivity index (χ0v) is 10.1. The van der Waals surface area contributed by atoms with Gasteiger partial charge in [-0.05, 0) is 34.7 Å². The SMILES string of the molecule is CC(C)N1C(CO)CN(C)CC1(C)C. The van der Waals surface area contributed by atoms with Gasteiger partial charge in [-0.15, -0.1) is 0 Å². The lowest BCUT2D eigenvalue weighted by Crippen LogP contribution is -2.66. The first-order valence-electron chi connectivity index (χ1n) is 5.46. The molecule has 1 fully saturated rings. The van der Waals surface area contributed by atoms with Crippen molar-refractivity contribution in [3.63, 3.8) is 0 Å². The van der Waals surface area contributed by atoms with Gasteiger partial charge in [0.2, 0.25) is 0 Å². The van der Waals surface area contributed by atoms with Crippen molar-refractivity contribution in [2.24, 2.45) is 0 Å². The summed E-state index contributed by atoms with van der Waals surface area (Å²) in [6.45, 7) is 11.2. The highest BCUT2D eigenvalue weighted by atomic mass is 16.3. The number of nitrogens with zero attached hydrogens (tertiary/aromatic N) is 2. The highest BCUT2D eigenvalue weighted by molar-refractivity contribution is 4.96. The van der Waals surface area contributed by atoms with Crippen LogP contribution in [0.4, 0.5) is 0 Å². The molecule has 0 saturated carbocycles. The van der Waals surface area contributed by atoms with Crippen LogP contribution in [0, 0.1) is 0 Å². The fourth-order valence-corrected chi connectivity index (χ4v) is 3.02. The van der Waals surface area contributed by atoms with E-state index < -0.39 is 0 Å². The molecule has 1 unspecified atom stereocenters. The number of piperazine rings is 1. The van der Waals surface area contributed by atoms with Gasteiger partial charge in [0.1, 0.15) is 0 Å². The summed E-state index contributed by atoms with van der Waals surface area (Å²) in [6, 6.07) is 0.777. The van der Waals surface area contributed by atoms with Gasteiger partial charge < -0.3 is 10.0 Å². The number of likely N-dealkylation sites (N-methyl/N-ethyl adjacent to an activating group) is 1. The van der Waals surface area contributed by atoms with Crippen molar-refractivity contribution in [2.45, 2.75) is 45.3 Å². The summed E-state index contributed by atoms with van der Waals surface area (Å²) < 4.78 is 0. The van der Waals surface area contributed by atoms with E-state index in [1.54, 1.807) is 0 Å². The van der Waals surface area contributed by atoms with Gasteiger partial charge in [-0.2, -0.15) is 0 Å². The van der Waals surface area contributed by atoms with Crippen molar-refractivity contribution in [3.05, 3.63) is 0 Å². The van der Waals surface area contributed by atoms with Crippen molar-refractivity contribution >= 4 is 0 Å². The molecule has 1 atom stereocenters. The summed E-state index contributed by atoms with van der Waals surface area (Å²) in [7, 11) is 2.13. The Kier molecular flexibility index (Phi) is 3.56. The van der Waals surface area contributed by atoms with E-state index in [0.29, 0.717) is 6.04 Å². The minimum absolute atomic E-state index is 0.161. The van der Waals surface area contributed by atoms with E-state index in [4.69, 9.17) is 0 Å². The fraction of sp³-hybridized carbons (Fsp3) is 1.00. The summed E-state index contributed by atoms with van der Waals surface area (Å²) >= 11 is 0. The van der Waals surface area contributed by atoms with Gasteiger partial charge in [0.25, 0.3) is 0 Å². The Morgan fingerprint density at radius 2 is 2.00 bits per heavy atom. The molecule has 0 aliphatic carbocycles. The lowest BCUT2D eigenvalue weighted by atomic mass is 9.93. The number of hydrogen-bond acceptors (Lipinski definition) is 3. The predicted octanol–water partition coefficient (Wildman–Crippen LogP) is 0.782. The molecule has 0 bridgehead atoms. The zero-order valence-electron chi connectivity index (χ0n) is 10.1. The quantitative estimate of drug-likeness (QED) is 0.713. The molecular formula is C11H24N2O. The van der Waals surface area contributed by atoms with Gasteiger partial charge in [-0.25, -0.2) is 0 Å².